The Balaban J connectivity index is 1.42. The van der Waals surface area contributed by atoms with E-state index in [4.69, 9.17) is 9.72 Å². The number of hydrogen-bond donors (Lipinski definition) is 1. The van der Waals surface area contributed by atoms with Crippen LogP contribution in [0.15, 0.2) is 41.5 Å². The molecule has 2 fully saturated rings. The Labute approximate surface area is 182 Å². The summed E-state index contributed by atoms with van der Waals surface area (Å²) in [4.78, 5) is 18.5. The number of hydrazone groups is 1. The van der Waals surface area contributed by atoms with E-state index in [1.807, 2.05) is 24.3 Å². The third-order valence-electron chi connectivity index (χ3n) is 5.90. The smallest absolute Gasteiger partial charge is 0.250 e. The van der Waals surface area contributed by atoms with Gasteiger partial charge in [-0.3, -0.25) is 0 Å². The van der Waals surface area contributed by atoms with E-state index >= 15 is 0 Å². The maximum Gasteiger partial charge on any atom is 0.250 e. The first-order chi connectivity index (χ1) is 15.3. The van der Waals surface area contributed by atoms with Crippen molar-refractivity contribution in [3.63, 3.8) is 0 Å². The van der Waals surface area contributed by atoms with Crippen LogP contribution in [0.25, 0.3) is 10.8 Å². The number of methoxy groups -OCH3 is 1. The summed E-state index contributed by atoms with van der Waals surface area (Å²) in [5, 5.41) is 6.59. The van der Waals surface area contributed by atoms with Crippen molar-refractivity contribution in [3.8, 4) is 5.75 Å². The molecule has 0 bridgehead atoms. The molecule has 5 rings (SSSR count). The molecule has 2 aliphatic rings. The number of nitrogens with zero attached hydrogens (tertiary/aromatic N) is 6. The first kappa shape index (κ1) is 19.5. The summed E-state index contributed by atoms with van der Waals surface area (Å²) in [5.41, 5.74) is 4.03. The second-order valence-electron chi connectivity index (χ2n) is 7.92. The van der Waals surface area contributed by atoms with Crippen LogP contribution in [0.1, 0.15) is 31.2 Å². The second-order valence-corrected chi connectivity index (χ2v) is 7.92. The molecule has 0 unspecified atom stereocenters. The molecule has 0 atom stereocenters. The topological polar surface area (TPSA) is 78.8 Å². The fourth-order valence-corrected chi connectivity index (χ4v) is 4.27. The lowest BCUT2D eigenvalue weighted by atomic mass is 10.0. The maximum absolute atomic E-state index is 5.48. The summed E-state index contributed by atoms with van der Waals surface area (Å²) < 4.78 is 5.48. The summed E-state index contributed by atoms with van der Waals surface area (Å²) in [6, 6.07) is 12.1. The van der Waals surface area contributed by atoms with Gasteiger partial charge in [-0.15, -0.1) is 0 Å². The molecule has 2 aromatic carbocycles. The van der Waals surface area contributed by atoms with Crippen LogP contribution in [0.5, 0.6) is 5.75 Å². The van der Waals surface area contributed by atoms with Gasteiger partial charge in [-0.1, -0.05) is 24.3 Å². The molecule has 3 aromatic rings. The van der Waals surface area contributed by atoms with Crippen LogP contribution < -0.4 is 20.0 Å². The molecule has 2 saturated heterocycles. The maximum atomic E-state index is 5.48. The minimum atomic E-state index is 0.480. The number of hydrogen-bond acceptors (Lipinski definition) is 8. The minimum Gasteiger partial charge on any atom is -0.496 e. The van der Waals surface area contributed by atoms with Gasteiger partial charge in [-0.05, 0) is 43.2 Å². The van der Waals surface area contributed by atoms with Crippen molar-refractivity contribution in [3.05, 3.63) is 42.0 Å². The van der Waals surface area contributed by atoms with E-state index in [-0.39, 0.29) is 0 Å². The van der Waals surface area contributed by atoms with E-state index in [9.17, 15) is 0 Å². The Kier molecular flexibility index (Phi) is 5.52. The first-order valence-corrected chi connectivity index (χ1v) is 10.9. The van der Waals surface area contributed by atoms with Gasteiger partial charge in [0.25, 0.3) is 0 Å². The molecule has 0 amide bonds. The van der Waals surface area contributed by atoms with Crippen LogP contribution in [-0.2, 0) is 0 Å². The molecule has 8 heteroatoms. The van der Waals surface area contributed by atoms with Crippen LogP contribution in [0, 0.1) is 0 Å². The Morgan fingerprint density at radius 2 is 1.45 bits per heavy atom. The average molecular weight is 418 g/mol. The molecule has 0 radical (unpaired) electrons. The van der Waals surface area contributed by atoms with Gasteiger partial charge in [0.1, 0.15) is 5.75 Å². The van der Waals surface area contributed by atoms with Crippen LogP contribution >= 0.6 is 0 Å². The van der Waals surface area contributed by atoms with Crippen molar-refractivity contribution in [1.29, 1.82) is 0 Å². The van der Waals surface area contributed by atoms with Gasteiger partial charge in [-0.25, -0.2) is 5.43 Å². The van der Waals surface area contributed by atoms with Crippen LogP contribution in [-0.4, -0.2) is 54.5 Å². The fraction of sp³-hybridized carbons (Fsp3) is 0.391. The zero-order valence-electron chi connectivity index (χ0n) is 17.8. The standard InChI is InChI=1S/C23H27N7O/c1-31-20-11-10-17(18-8-2-3-9-19(18)20)16-24-28-21-25-22(29-12-4-5-13-29)27-23(26-21)30-14-6-7-15-30/h2-3,8-11,16H,4-7,12-15H2,1H3,(H,25,26,27,28)/b24-16-. The molecule has 160 valence electrons. The van der Waals surface area contributed by atoms with Gasteiger partial charge in [0.2, 0.25) is 17.8 Å². The summed E-state index contributed by atoms with van der Waals surface area (Å²) in [7, 11) is 1.69. The molecule has 3 heterocycles. The number of fused-ring (bicyclic) bond motifs is 1. The molecular formula is C23H27N7O. The van der Waals surface area contributed by atoms with Gasteiger partial charge in [0.15, 0.2) is 0 Å². The number of anilines is 3. The molecule has 1 aromatic heterocycles. The number of rotatable bonds is 6. The highest BCUT2D eigenvalue weighted by Gasteiger charge is 2.21. The normalized spacial score (nSPS) is 16.5. The Bertz CT molecular complexity index is 1050. The molecular weight excluding hydrogens is 390 g/mol. The Hall–Kier alpha value is -3.42. The van der Waals surface area contributed by atoms with Crippen molar-refractivity contribution in [2.24, 2.45) is 5.10 Å². The Morgan fingerprint density at radius 1 is 0.839 bits per heavy atom. The number of benzene rings is 2. The zero-order chi connectivity index (χ0) is 21.0. The second kappa shape index (κ2) is 8.75. The molecule has 31 heavy (non-hydrogen) atoms. The van der Waals surface area contributed by atoms with E-state index < -0.39 is 0 Å². The fourth-order valence-electron chi connectivity index (χ4n) is 4.27. The van der Waals surface area contributed by atoms with Crippen LogP contribution in [0.2, 0.25) is 0 Å². The zero-order valence-corrected chi connectivity index (χ0v) is 17.8. The molecule has 8 nitrogen and oxygen atoms in total. The van der Waals surface area contributed by atoms with E-state index in [1.54, 1.807) is 13.3 Å². The highest BCUT2D eigenvalue weighted by molar-refractivity contribution is 6.02. The lowest BCUT2D eigenvalue weighted by Gasteiger charge is -2.20. The monoisotopic (exact) mass is 417 g/mol. The highest BCUT2D eigenvalue weighted by Crippen LogP contribution is 2.27. The Morgan fingerprint density at radius 3 is 2.06 bits per heavy atom. The highest BCUT2D eigenvalue weighted by atomic mass is 16.5. The summed E-state index contributed by atoms with van der Waals surface area (Å²) >= 11 is 0. The minimum absolute atomic E-state index is 0.480. The number of ether oxygens (including phenoxy) is 1. The average Bonchev–Trinajstić information content (AvgIpc) is 3.54. The predicted octanol–water partition coefficient (Wildman–Crippen LogP) is 3.68. The van der Waals surface area contributed by atoms with Crippen molar-refractivity contribution < 1.29 is 4.74 Å². The van der Waals surface area contributed by atoms with Gasteiger partial charge in [0.05, 0.1) is 13.3 Å². The summed E-state index contributed by atoms with van der Waals surface area (Å²) in [6.07, 6.45) is 6.51. The van der Waals surface area contributed by atoms with Crippen molar-refractivity contribution in [2.75, 3.05) is 48.5 Å². The summed E-state index contributed by atoms with van der Waals surface area (Å²) in [5.74, 6) is 2.81. The molecule has 2 aliphatic heterocycles. The van der Waals surface area contributed by atoms with Gasteiger partial charge >= 0.3 is 0 Å². The van der Waals surface area contributed by atoms with Crippen molar-refractivity contribution >= 4 is 34.8 Å². The van der Waals surface area contributed by atoms with Gasteiger partial charge in [-0.2, -0.15) is 20.1 Å². The van der Waals surface area contributed by atoms with E-state index in [2.05, 4.69) is 42.4 Å². The third-order valence-corrected chi connectivity index (χ3v) is 5.90. The van der Waals surface area contributed by atoms with E-state index in [1.165, 1.54) is 25.7 Å². The molecule has 0 saturated carbocycles. The van der Waals surface area contributed by atoms with E-state index in [0.29, 0.717) is 5.95 Å². The number of aromatic nitrogens is 3. The molecule has 0 spiro atoms. The van der Waals surface area contributed by atoms with Gasteiger partial charge < -0.3 is 14.5 Å². The quantitative estimate of drug-likeness (QED) is 0.484. The van der Waals surface area contributed by atoms with Crippen molar-refractivity contribution in [2.45, 2.75) is 25.7 Å². The van der Waals surface area contributed by atoms with Crippen LogP contribution in [0.3, 0.4) is 0 Å². The van der Waals surface area contributed by atoms with Crippen molar-refractivity contribution in [1.82, 2.24) is 15.0 Å². The lowest BCUT2D eigenvalue weighted by molar-refractivity contribution is 0.420. The lowest BCUT2D eigenvalue weighted by Crippen LogP contribution is -2.25. The third kappa shape index (κ3) is 4.10. The SMILES string of the molecule is COc1ccc(/C=N\Nc2nc(N3CCCC3)nc(N3CCCC3)n2)c2ccccc12. The largest absolute Gasteiger partial charge is 0.496 e. The van der Waals surface area contributed by atoms with E-state index in [0.717, 1.165) is 60.2 Å². The first-order valence-electron chi connectivity index (χ1n) is 10.9. The van der Waals surface area contributed by atoms with Crippen LogP contribution in [0.4, 0.5) is 17.8 Å². The molecule has 0 aliphatic carbocycles. The molecule has 1 N–H and O–H groups in total. The number of nitrogens with one attached hydrogen (secondary N) is 1. The summed E-state index contributed by atoms with van der Waals surface area (Å²) in [6.45, 7) is 3.96. The predicted molar refractivity (Wildman–Crippen MR) is 124 cm³/mol. The van der Waals surface area contributed by atoms with Gasteiger partial charge in [0, 0.05) is 37.1 Å².